The number of aryl methyl sites for hydroxylation is 2. The summed E-state index contributed by atoms with van der Waals surface area (Å²) in [6.45, 7) is 11.7. The first kappa shape index (κ1) is 28.2. The van der Waals surface area contributed by atoms with Crippen molar-refractivity contribution >= 4 is 11.8 Å². The van der Waals surface area contributed by atoms with Gasteiger partial charge >= 0.3 is 0 Å². The molecule has 0 aromatic heterocycles. The van der Waals surface area contributed by atoms with Crippen LogP contribution in [0, 0.1) is 6.92 Å². The van der Waals surface area contributed by atoms with E-state index in [-0.39, 0.29) is 17.2 Å². The van der Waals surface area contributed by atoms with Gasteiger partial charge in [0.15, 0.2) is 0 Å². The summed E-state index contributed by atoms with van der Waals surface area (Å²) in [6, 6.07) is 26.0. The van der Waals surface area contributed by atoms with Crippen molar-refractivity contribution in [1.82, 2.24) is 10.2 Å². The summed E-state index contributed by atoms with van der Waals surface area (Å²) in [5.41, 5.74) is 5.72. The van der Waals surface area contributed by atoms with Gasteiger partial charge in [-0.15, -0.1) is 0 Å². The molecule has 0 radical (unpaired) electrons. The zero-order valence-corrected chi connectivity index (χ0v) is 23.1. The largest absolute Gasteiger partial charge is 0.354 e. The molecular formula is C33H42N2O2. The lowest BCUT2D eigenvalue weighted by atomic mass is 9.86. The van der Waals surface area contributed by atoms with Gasteiger partial charge in [-0.25, -0.2) is 0 Å². The van der Waals surface area contributed by atoms with Crippen molar-refractivity contribution in [3.05, 3.63) is 107 Å². The van der Waals surface area contributed by atoms with Gasteiger partial charge in [-0.2, -0.15) is 0 Å². The molecule has 0 aliphatic rings. The van der Waals surface area contributed by atoms with Gasteiger partial charge in [0.25, 0.3) is 0 Å². The molecule has 1 atom stereocenters. The van der Waals surface area contributed by atoms with Gasteiger partial charge in [0.05, 0.1) is 0 Å². The molecular weight excluding hydrogens is 456 g/mol. The van der Waals surface area contributed by atoms with E-state index in [1.54, 1.807) is 4.90 Å². The Morgan fingerprint density at radius 3 is 2.14 bits per heavy atom. The van der Waals surface area contributed by atoms with Gasteiger partial charge in [0.1, 0.15) is 6.04 Å². The molecule has 0 heterocycles. The molecule has 0 bridgehead atoms. The van der Waals surface area contributed by atoms with Gasteiger partial charge in [-0.3, -0.25) is 9.59 Å². The van der Waals surface area contributed by atoms with E-state index in [0.717, 1.165) is 28.7 Å². The Balaban J connectivity index is 1.87. The zero-order chi connectivity index (χ0) is 26.8. The number of carbonyl (C=O) groups excluding carboxylic acids is 2. The molecule has 1 N–H and O–H groups in total. The van der Waals surface area contributed by atoms with E-state index in [2.05, 4.69) is 63.3 Å². The van der Waals surface area contributed by atoms with E-state index in [9.17, 15) is 9.59 Å². The van der Waals surface area contributed by atoms with Crippen LogP contribution < -0.4 is 5.32 Å². The number of benzene rings is 3. The fourth-order valence-corrected chi connectivity index (χ4v) is 4.46. The maximum Gasteiger partial charge on any atom is 0.243 e. The molecule has 37 heavy (non-hydrogen) atoms. The second-order valence-corrected chi connectivity index (χ2v) is 10.9. The van der Waals surface area contributed by atoms with Crippen LogP contribution >= 0.6 is 0 Å². The van der Waals surface area contributed by atoms with Crippen molar-refractivity contribution in [2.45, 2.75) is 78.3 Å². The molecule has 0 aliphatic heterocycles. The first-order valence-electron chi connectivity index (χ1n) is 13.4. The van der Waals surface area contributed by atoms with Crippen LogP contribution in [-0.2, 0) is 34.4 Å². The molecule has 196 valence electrons. The Labute approximate surface area is 223 Å². The third-order valence-corrected chi connectivity index (χ3v) is 6.87. The van der Waals surface area contributed by atoms with Crippen molar-refractivity contribution in [2.75, 3.05) is 6.54 Å². The fourth-order valence-electron chi connectivity index (χ4n) is 4.46. The minimum Gasteiger partial charge on any atom is -0.354 e. The van der Waals surface area contributed by atoms with E-state index in [1.807, 2.05) is 55.5 Å². The summed E-state index contributed by atoms with van der Waals surface area (Å²) in [5, 5.41) is 3.05. The normalized spacial score (nSPS) is 12.1. The lowest BCUT2D eigenvalue weighted by Crippen LogP contribution is -2.50. The molecule has 2 amide bonds. The number of nitrogens with zero attached hydrogens (tertiary/aromatic N) is 1. The van der Waals surface area contributed by atoms with E-state index in [4.69, 9.17) is 0 Å². The predicted octanol–water partition coefficient (Wildman–Crippen LogP) is 6.39. The Morgan fingerprint density at radius 2 is 1.51 bits per heavy atom. The van der Waals surface area contributed by atoms with E-state index in [1.165, 1.54) is 5.56 Å². The van der Waals surface area contributed by atoms with E-state index in [0.29, 0.717) is 32.4 Å². The Hall–Kier alpha value is -3.40. The SMILES string of the molecule is CCCNC(=O)C(Cc1ccccc1)N(Cc1ccccc1C)C(=O)CCc1ccc(C(C)(C)C)cc1. The first-order valence-corrected chi connectivity index (χ1v) is 13.4. The van der Waals surface area contributed by atoms with Crippen LogP contribution in [0.25, 0.3) is 0 Å². The van der Waals surface area contributed by atoms with Gasteiger partial charge in [-0.05, 0) is 53.0 Å². The van der Waals surface area contributed by atoms with E-state index < -0.39 is 6.04 Å². The Bertz CT molecular complexity index is 1150. The van der Waals surface area contributed by atoms with Crippen molar-refractivity contribution in [2.24, 2.45) is 0 Å². The molecule has 0 saturated carbocycles. The summed E-state index contributed by atoms with van der Waals surface area (Å²) in [4.78, 5) is 29.0. The number of carbonyl (C=O) groups is 2. The molecule has 0 saturated heterocycles. The zero-order valence-electron chi connectivity index (χ0n) is 23.1. The number of nitrogens with one attached hydrogen (secondary N) is 1. The monoisotopic (exact) mass is 498 g/mol. The summed E-state index contributed by atoms with van der Waals surface area (Å²) >= 11 is 0. The second-order valence-electron chi connectivity index (χ2n) is 10.9. The second kappa shape index (κ2) is 13.2. The number of hydrogen-bond acceptors (Lipinski definition) is 2. The Kier molecular flexibility index (Phi) is 10.1. The third-order valence-electron chi connectivity index (χ3n) is 6.87. The molecule has 3 aromatic carbocycles. The van der Waals surface area contributed by atoms with Crippen LogP contribution in [0.2, 0.25) is 0 Å². The topological polar surface area (TPSA) is 49.4 Å². The highest BCUT2D eigenvalue weighted by Gasteiger charge is 2.30. The number of hydrogen-bond donors (Lipinski definition) is 1. The van der Waals surface area contributed by atoms with Gasteiger partial charge < -0.3 is 10.2 Å². The number of rotatable bonds is 11. The average molecular weight is 499 g/mol. The minimum atomic E-state index is -0.579. The van der Waals surface area contributed by atoms with Crippen molar-refractivity contribution in [3.8, 4) is 0 Å². The van der Waals surface area contributed by atoms with Crippen molar-refractivity contribution < 1.29 is 9.59 Å². The standard InChI is InChI=1S/C33H42N2O2/c1-6-22-34-32(37)30(23-27-13-8-7-9-14-27)35(24-28-15-11-10-12-25(28)2)31(36)21-18-26-16-19-29(20-17-26)33(3,4)5/h7-17,19-20,30H,6,18,21-24H2,1-5H3,(H,34,37). The summed E-state index contributed by atoms with van der Waals surface area (Å²) in [7, 11) is 0. The fraction of sp³-hybridized carbons (Fsp3) is 0.394. The van der Waals surface area contributed by atoms with Crippen LogP contribution in [0.5, 0.6) is 0 Å². The van der Waals surface area contributed by atoms with Gasteiger partial charge in [0.2, 0.25) is 11.8 Å². The highest BCUT2D eigenvalue weighted by atomic mass is 16.2. The molecule has 4 heteroatoms. The first-order chi connectivity index (χ1) is 17.7. The minimum absolute atomic E-state index is 0.00395. The van der Waals surface area contributed by atoms with Crippen LogP contribution in [0.3, 0.4) is 0 Å². The molecule has 4 nitrogen and oxygen atoms in total. The highest BCUT2D eigenvalue weighted by Crippen LogP contribution is 2.23. The molecule has 1 unspecified atom stereocenters. The summed E-state index contributed by atoms with van der Waals surface area (Å²) in [6.07, 6.45) is 2.32. The van der Waals surface area contributed by atoms with E-state index >= 15 is 0 Å². The predicted molar refractivity (Wildman–Crippen MR) is 152 cm³/mol. The average Bonchev–Trinajstić information content (AvgIpc) is 2.89. The quantitative estimate of drug-likeness (QED) is 0.333. The lowest BCUT2D eigenvalue weighted by molar-refractivity contribution is -0.141. The maximum absolute atomic E-state index is 13.8. The van der Waals surface area contributed by atoms with Crippen LogP contribution in [-0.4, -0.2) is 29.3 Å². The van der Waals surface area contributed by atoms with Crippen LogP contribution in [0.1, 0.15) is 68.4 Å². The van der Waals surface area contributed by atoms with Gasteiger partial charge in [0, 0.05) is 25.9 Å². The van der Waals surface area contributed by atoms with Crippen LogP contribution in [0.4, 0.5) is 0 Å². The molecule has 0 spiro atoms. The third kappa shape index (κ3) is 8.31. The van der Waals surface area contributed by atoms with Crippen LogP contribution in [0.15, 0.2) is 78.9 Å². The molecule has 0 aliphatic carbocycles. The number of amides is 2. The van der Waals surface area contributed by atoms with Crippen molar-refractivity contribution in [1.29, 1.82) is 0 Å². The molecule has 3 aromatic rings. The Morgan fingerprint density at radius 1 is 0.865 bits per heavy atom. The maximum atomic E-state index is 13.8. The smallest absolute Gasteiger partial charge is 0.243 e. The molecule has 3 rings (SSSR count). The lowest BCUT2D eigenvalue weighted by Gasteiger charge is -2.32. The van der Waals surface area contributed by atoms with Gasteiger partial charge in [-0.1, -0.05) is 107 Å². The summed E-state index contributed by atoms with van der Waals surface area (Å²) < 4.78 is 0. The summed E-state index contributed by atoms with van der Waals surface area (Å²) in [5.74, 6) is -0.0992. The highest BCUT2D eigenvalue weighted by molar-refractivity contribution is 5.88. The molecule has 0 fully saturated rings. The van der Waals surface area contributed by atoms with Crippen molar-refractivity contribution in [3.63, 3.8) is 0 Å².